The monoisotopic (exact) mass is 342 g/mol. The van der Waals surface area contributed by atoms with Crippen LogP contribution in [0.1, 0.15) is 20.3 Å². The zero-order valence-corrected chi connectivity index (χ0v) is 11.3. The van der Waals surface area contributed by atoms with E-state index in [0.717, 1.165) is 0 Å². The van der Waals surface area contributed by atoms with Gasteiger partial charge in [-0.05, 0) is 5.92 Å². The van der Waals surface area contributed by atoms with Gasteiger partial charge in [-0.2, -0.15) is 0 Å². The van der Waals surface area contributed by atoms with E-state index in [2.05, 4.69) is 10.6 Å². The summed E-state index contributed by atoms with van der Waals surface area (Å²) in [6, 6.07) is -0.886. The average molecular weight is 342 g/mol. The van der Waals surface area contributed by atoms with Crippen LogP contribution in [0.15, 0.2) is 0 Å². The van der Waals surface area contributed by atoms with Crippen LogP contribution in [0.2, 0.25) is 0 Å². The number of hydrogen-bond donors (Lipinski definition) is 3. The van der Waals surface area contributed by atoms with Crippen molar-refractivity contribution in [2.24, 2.45) is 5.92 Å². The Kier molecular flexibility index (Phi) is 7.02. The molecule has 0 saturated carbocycles. The van der Waals surface area contributed by atoms with E-state index in [1.807, 2.05) is 0 Å². The summed E-state index contributed by atoms with van der Waals surface area (Å²) in [7, 11) is 0. The number of rotatable bonds is 6. The minimum atomic E-state index is -1.05. The highest BCUT2D eigenvalue weighted by Crippen LogP contribution is 2.01. The van der Waals surface area contributed by atoms with Gasteiger partial charge in [0.05, 0.1) is 0 Å². The van der Waals surface area contributed by atoms with Crippen molar-refractivity contribution < 1.29 is 19.5 Å². The van der Waals surface area contributed by atoms with Crippen molar-refractivity contribution in [3.8, 4) is 0 Å². The van der Waals surface area contributed by atoms with Crippen molar-refractivity contribution in [3.63, 3.8) is 0 Å². The molecular formula is C9H15IN2O4. The van der Waals surface area contributed by atoms with Crippen LogP contribution >= 0.6 is 22.6 Å². The highest BCUT2D eigenvalue weighted by atomic mass is 127. The van der Waals surface area contributed by atoms with Gasteiger partial charge in [-0.1, -0.05) is 13.8 Å². The van der Waals surface area contributed by atoms with E-state index in [0.29, 0.717) is 0 Å². The molecule has 1 unspecified atom stereocenters. The summed E-state index contributed by atoms with van der Waals surface area (Å²) in [6.45, 7) is 3.63. The number of carboxylic acid groups (broad SMARTS) is 1. The lowest BCUT2D eigenvalue weighted by molar-refractivity contribution is -0.143. The van der Waals surface area contributed by atoms with E-state index < -0.39 is 12.0 Å². The molecule has 0 bridgehead atoms. The molecule has 0 aromatic rings. The Morgan fingerprint density at radius 3 is 2.25 bits per heavy atom. The maximum absolute atomic E-state index is 11.3. The molecule has 0 spiro atoms. The minimum absolute atomic E-state index is 0.0746. The van der Waals surface area contributed by atoms with E-state index in [-0.39, 0.29) is 28.7 Å². The fraction of sp³-hybridized carbons (Fsp3) is 0.667. The Hall–Kier alpha value is -0.860. The number of amides is 2. The molecule has 0 aliphatic carbocycles. The SMILES string of the molecule is CC(C)C(NC(=O)CCNC(=O)I)C(=O)O. The molecule has 0 aromatic heterocycles. The Morgan fingerprint density at radius 1 is 1.31 bits per heavy atom. The third-order valence-electron chi connectivity index (χ3n) is 1.87. The molecule has 0 aliphatic rings. The molecule has 0 heterocycles. The van der Waals surface area contributed by atoms with Crippen LogP contribution in [-0.2, 0) is 9.59 Å². The molecular weight excluding hydrogens is 327 g/mol. The van der Waals surface area contributed by atoms with Crippen molar-refractivity contribution >= 4 is 38.4 Å². The van der Waals surface area contributed by atoms with E-state index in [9.17, 15) is 14.4 Å². The number of carbonyl (C=O) groups excluding carboxylic acids is 2. The van der Waals surface area contributed by atoms with Gasteiger partial charge in [0.15, 0.2) is 0 Å². The zero-order valence-electron chi connectivity index (χ0n) is 9.12. The predicted molar refractivity (Wildman–Crippen MR) is 66.4 cm³/mol. The van der Waals surface area contributed by atoms with E-state index in [4.69, 9.17) is 5.11 Å². The first-order valence-electron chi connectivity index (χ1n) is 4.80. The van der Waals surface area contributed by atoms with Crippen LogP contribution in [0.4, 0.5) is 4.79 Å². The molecule has 0 aromatic carbocycles. The number of aliphatic carboxylic acids is 1. The first-order chi connectivity index (χ1) is 7.34. The maximum Gasteiger partial charge on any atom is 0.326 e. The molecule has 0 fully saturated rings. The highest BCUT2D eigenvalue weighted by Gasteiger charge is 2.22. The molecule has 92 valence electrons. The smallest absolute Gasteiger partial charge is 0.326 e. The molecule has 7 heteroatoms. The van der Waals surface area contributed by atoms with Gasteiger partial charge in [0, 0.05) is 35.6 Å². The predicted octanol–water partition coefficient (Wildman–Crippen LogP) is 0.746. The second kappa shape index (κ2) is 7.42. The summed E-state index contributed by atoms with van der Waals surface area (Å²) in [5.74, 6) is -1.62. The fourth-order valence-electron chi connectivity index (χ4n) is 1.03. The number of nitrogens with one attached hydrogen (secondary N) is 2. The summed E-state index contributed by atoms with van der Waals surface area (Å²) in [5, 5.41) is 13.7. The molecule has 1 atom stereocenters. The molecule has 0 radical (unpaired) electrons. The van der Waals surface area contributed by atoms with E-state index >= 15 is 0 Å². The summed E-state index contributed by atoms with van der Waals surface area (Å²) in [4.78, 5) is 32.6. The molecule has 2 amide bonds. The Balaban J connectivity index is 4.01. The van der Waals surface area contributed by atoms with Gasteiger partial charge in [-0.25, -0.2) is 4.79 Å². The molecule has 16 heavy (non-hydrogen) atoms. The van der Waals surface area contributed by atoms with Crippen LogP contribution in [-0.4, -0.2) is 33.5 Å². The van der Waals surface area contributed by atoms with Crippen LogP contribution in [0.3, 0.4) is 0 Å². The summed E-state index contributed by atoms with van der Waals surface area (Å²) in [5.41, 5.74) is 0. The number of carboxylic acids is 1. The van der Waals surface area contributed by atoms with E-state index in [1.54, 1.807) is 36.4 Å². The second-order valence-corrected chi connectivity index (χ2v) is 4.56. The van der Waals surface area contributed by atoms with Gasteiger partial charge >= 0.3 is 5.97 Å². The molecule has 0 aliphatic heterocycles. The van der Waals surface area contributed by atoms with Crippen molar-refractivity contribution in [1.29, 1.82) is 0 Å². The minimum Gasteiger partial charge on any atom is -0.480 e. The number of halogens is 1. The number of hydrogen-bond acceptors (Lipinski definition) is 3. The lowest BCUT2D eigenvalue weighted by Gasteiger charge is -2.17. The third kappa shape index (κ3) is 6.59. The topological polar surface area (TPSA) is 95.5 Å². The normalized spacial score (nSPS) is 12.0. The van der Waals surface area contributed by atoms with Gasteiger partial charge in [0.2, 0.25) is 5.91 Å². The van der Waals surface area contributed by atoms with Crippen LogP contribution in [0.5, 0.6) is 0 Å². The summed E-state index contributed by atoms with van der Waals surface area (Å²) < 4.78 is -0.246. The van der Waals surface area contributed by atoms with Crippen molar-refractivity contribution in [2.75, 3.05) is 6.54 Å². The zero-order chi connectivity index (χ0) is 12.7. The van der Waals surface area contributed by atoms with Gasteiger partial charge in [0.25, 0.3) is 3.91 Å². The maximum atomic E-state index is 11.3. The largest absolute Gasteiger partial charge is 0.480 e. The van der Waals surface area contributed by atoms with Gasteiger partial charge < -0.3 is 15.7 Å². The first kappa shape index (κ1) is 15.1. The summed E-state index contributed by atoms with van der Waals surface area (Å²) in [6.07, 6.45) is 0.0746. The van der Waals surface area contributed by atoms with Crippen LogP contribution in [0.25, 0.3) is 0 Å². The van der Waals surface area contributed by atoms with Crippen LogP contribution < -0.4 is 10.6 Å². The van der Waals surface area contributed by atoms with Crippen LogP contribution in [0, 0.1) is 5.92 Å². The molecule has 0 rings (SSSR count). The Labute approximate surface area is 107 Å². The Morgan fingerprint density at radius 2 is 1.88 bits per heavy atom. The fourth-order valence-corrected chi connectivity index (χ4v) is 1.30. The van der Waals surface area contributed by atoms with Gasteiger partial charge in [-0.15, -0.1) is 0 Å². The van der Waals surface area contributed by atoms with Crippen molar-refractivity contribution in [1.82, 2.24) is 10.6 Å². The Bertz CT molecular complexity index is 281. The van der Waals surface area contributed by atoms with Crippen molar-refractivity contribution in [2.45, 2.75) is 26.3 Å². The lowest BCUT2D eigenvalue weighted by Crippen LogP contribution is -2.45. The molecule has 3 N–H and O–H groups in total. The highest BCUT2D eigenvalue weighted by molar-refractivity contribution is 14.1. The van der Waals surface area contributed by atoms with Gasteiger partial charge in [0.1, 0.15) is 6.04 Å². The molecule has 6 nitrogen and oxygen atoms in total. The number of carbonyl (C=O) groups is 3. The van der Waals surface area contributed by atoms with Gasteiger partial charge in [-0.3, -0.25) is 9.59 Å². The third-order valence-corrected chi connectivity index (χ3v) is 2.25. The van der Waals surface area contributed by atoms with Crippen molar-refractivity contribution in [3.05, 3.63) is 0 Å². The standard InChI is InChI=1S/C9H15IN2O4/c1-5(2)7(8(14)15)12-6(13)3-4-11-9(10)16/h5,7H,3-4H2,1-2H3,(H,11,16)(H,12,13)(H,14,15). The first-order valence-corrected chi connectivity index (χ1v) is 5.88. The van der Waals surface area contributed by atoms with E-state index in [1.165, 1.54) is 0 Å². The summed E-state index contributed by atoms with van der Waals surface area (Å²) >= 11 is 1.56. The molecule has 0 saturated heterocycles. The second-order valence-electron chi connectivity index (χ2n) is 3.58. The lowest BCUT2D eigenvalue weighted by atomic mass is 10.0. The quantitative estimate of drug-likeness (QED) is 0.377. The average Bonchev–Trinajstić information content (AvgIpc) is 2.12.